The predicted octanol–water partition coefficient (Wildman–Crippen LogP) is 0.187. The molecule has 20 heavy (non-hydrogen) atoms. The Labute approximate surface area is 119 Å². The second-order valence-electron chi connectivity index (χ2n) is 3.93. The minimum atomic E-state index is -3.50. The highest BCUT2D eigenvalue weighted by Crippen LogP contribution is 2.22. The van der Waals surface area contributed by atoms with Crippen LogP contribution in [0.3, 0.4) is 0 Å². The third-order valence-electron chi connectivity index (χ3n) is 2.39. The first-order valence-electron chi connectivity index (χ1n) is 5.38. The van der Waals surface area contributed by atoms with Crippen LogP contribution in [0.1, 0.15) is 16.2 Å². The fraction of sp³-hybridized carbons (Fsp3) is 0.200. The minimum absolute atomic E-state index is 0.0715. The molecule has 0 bridgehead atoms. The van der Waals surface area contributed by atoms with Crippen molar-refractivity contribution >= 4 is 27.3 Å². The van der Waals surface area contributed by atoms with Crippen LogP contribution in [0.5, 0.6) is 0 Å². The molecule has 0 atom stereocenters. The summed E-state index contributed by atoms with van der Waals surface area (Å²) < 4.78 is 23.0. The number of hydrogen-bond acceptors (Lipinski definition) is 6. The highest BCUT2D eigenvalue weighted by atomic mass is 35.5. The molecule has 0 aliphatic heterocycles. The molecule has 1 aromatic heterocycles. The summed E-state index contributed by atoms with van der Waals surface area (Å²) >= 11 is 5.80. The van der Waals surface area contributed by atoms with Gasteiger partial charge in [-0.2, -0.15) is 5.21 Å². The molecule has 2 rings (SSSR count). The lowest BCUT2D eigenvalue weighted by Gasteiger charge is -2.06. The summed E-state index contributed by atoms with van der Waals surface area (Å²) in [5, 5.41) is 15.6. The first-order valence-corrected chi connectivity index (χ1v) is 7.65. The van der Waals surface area contributed by atoms with Gasteiger partial charge in [-0.1, -0.05) is 16.8 Å². The maximum absolute atomic E-state index is 11.9. The van der Waals surface area contributed by atoms with Crippen molar-refractivity contribution in [1.82, 2.24) is 25.9 Å². The predicted molar refractivity (Wildman–Crippen MR) is 69.9 cm³/mol. The maximum Gasteiger partial charge on any atom is 0.251 e. The smallest absolute Gasteiger partial charge is 0.251 e. The van der Waals surface area contributed by atoms with Gasteiger partial charge in [0.15, 0.2) is 15.7 Å². The number of aromatic nitrogens is 4. The highest BCUT2D eigenvalue weighted by Gasteiger charge is 2.16. The minimum Gasteiger partial charge on any atom is -0.345 e. The largest absolute Gasteiger partial charge is 0.345 e. The standard InChI is InChI=1S/C10H10ClN5O3S/c1-20(18,19)8-4-6(2-3-7(8)11)10(17)12-5-9-13-15-16-14-9/h2-4H,5H2,1H3,(H,12,17)(H,13,14,15,16). The molecule has 0 fully saturated rings. The fourth-order valence-electron chi connectivity index (χ4n) is 1.45. The van der Waals surface area contributed by atoms with Gasteiger partial charge < -0.3 is 5.32 Å². The lowest BCUT2D eigenvalue weighted by Crippen LogP contribution is -2.23. The van der Waals surface area contributed by atoms with Crippen molar-refractivity contribution in [3.8, 4) is 0 Å². The summed E-state index contributed by atoms with van der Waals surface area (Å²) in [6.45, 7) is 0.0756. The Morgan fingerprint density at radius 1 is 1.45 bits per heavy atom. The van der Waals surface area contributed by atoms with Crippen LogP contribution in [0.25, 0.3) is 0 Å². The topological polar surface area (TPSA) is 118 Å². The number of rotatable bonds is 4. The van der Waals surface area contributed by atoms with E-state index in [0.717, 1.165) is 6.26 Å². The van der Waals surface area contributed by atoms with E-state index in [1.54, 1.807) is 0 Å². The first kappa shape index (κ1) is 14.4. The molecule has 0 radical (unpaired) electrons. The molecular formula is C10H10ClN5O3S. The Bertz CT molecular complexity index is 729. The number of sulfone groups is 1. The number of aromatic amines is 1. The number of amides is 1. The van der Waals surface area contributed by atoms with E-state index in [1.807, 2.05) is 0 Å². The van der Waals surface area contributed by atoms with Crippen LogP contribution in [0.2, 0.25) is 5.02 Å². The van der Waals surface area contributed by atoms with Crippen molar-refractivity contribution in [2.75, 3.05) is 6.26 Å². The number of tetrazole rings is 1. The third-order valence-corrected chi connectivity index (χ3v) is 3.97. The van der Waals surface area contributed by atoms with E-state index >= 15 is 0 Å². The van der Waals surface area contributed by atoms with Gasteiger partial charge in [0, 0.05) is 11.8 Å². The molecular weight excluding hydrogens is 306 g/mol. The molecule has 0 saturated carbocycles. The molecule has 1 heterocycles. The van der Waals surface area contributed by atoms with Crippen LogP contribution in [0.15, 0.2) is 23.1 Å². The summed E-state index contributed by atoms with van der Waals surface area (Å²) in [6, 6.07) is 4.02. The maximum atomic E-state index is 11.9. The van der Waals surface area contributed by atoms with E-state index in [1.165, 1.54) is 18.2 Å². The zero-order valence-electron chi connectivity index (χ0n) is 10.3. The van der Waals surface area contributed by atoms with Crippen LogP contribution in [0, 0.1) is 0 Å². The summed E-state index contributed by atoms with van der Waals surface area (Å²) in [5.74, 6) is -0.146. The number of carbonyl (C=O) groups excluding carboxylic acids is 1. The van der Waals surface area contributed by atoms with Crippen molar-refractivity contribution in [3.05, 3.63) is 34.6 Å². The molecule has 2 aromatic rings. The molecule has 106 valence electrons. The van der Waals surface area contributed by atoms with Crippen molar-refractivity contribution in [1.29, 1.82) is 0 Å². The monoisotopic (exact) mass is 315 g/mol. The molecule has 1 amide bonds. The Morgan fingerprint density at radius 3 is 2.80 bits per heavy atom. The molecule has 8 nitrogen and oxygen atoms in total. The lowest BCUT2D eigenvalue weighted by atomic mass is 10.2. The van der Waals surface area contributed by atoms with Gasteiger partial charge in [-0.3, -0.25) is 4.79 Å². The molecule has 2 N–H and O–H groups in total. The number of hydrogen-bond donors (Lipinski definition) is 2. The van der Waals surface area contributed by atoms with Gasteiger partial charge in [0.05, 0.1) is 16.5 Å². The van der Waals surface area contributed by atoms with E-state index in [9.17, 15) is 13.2 Å². The number of nitrogens with zero attached hydrogens (tertiary/aromatic N) is 3. The van der Waals surface area contributed by atoms with E-state index in [2.05, 4.69) is 25.9 Å². The van der Waals surface area contributed by atoms with Crippen molar-refractivity contribution in [3.63, 3.8) is 0 Å². The van der Waals surface area contributed by atoms with Crippen LogP contribution < -0.4 is 5.32 Å². The van der Waals surface area contributed by atoms with Crippen LogP contribution in [-0.2, 0) is 16.4 Å². The first-order chi connectivity index (χ1) is 9.38. The van der Waals surface area contributed by atoms with E-state index < -0.39 is 15.7 Å². The van der Waals surface area contributed by atoms with E-state index in [-0.39, 0.29) is 22.0 Å². The summed E-state index contributed by atoms with van der Waals surface area (Å²) in [6.07, 6.45) is 1.02. The quantitative estimate of drug-likeness (QED) is 0.831. The van der Waals surface area contributed by atoms with Gasteiger partial charge >= 0.3 is 0 Å². The SMILES string of the molecule is CS(=O)(=O)c1cc(C(=O)NCc2nn[nH]n2)ccc1Cl. The van der Waals surface area contributed by atoms with Crippen molar-refractivity contribution < 1.29 is 13.2 Å². The van der Waals surface area contributed by atoms with E-state index in [0.29, 0.717) is 5.82 Å². The van der Waals surface area contributed by atoms with Gasteiger partial charge in [-0.05, 0) is 18.2 Å². The van der Waals surface area contributed by atoms with Crippen molar-refractivity contribution in [2.24, 2.45) is 0 Å². The fourth-order valence-corrected chi connectivity index (χ4v) is 2.75. The Balaban J connectivity index is 2.18. The highest BCUT2D eigenvalue weighted by molar-refractivity contribution is 7.90. The normalized spacial score (nSPS) is 11.3. The Hall–Kier alpha value is -2.00. The zero-order chi connectivity index (χ0) is 14.8. The molecule has 0 saturated heterocycles. The van der Waals surface area contributed by atoms with Gasteiger partial charge in [-0.25, -0.2) is 8.42 Å². The zero-order valence-corrected chi connectivity index (χ0v) is 11.9. The van der Waals surface area contributed by atoms with Gasteiger partial charge in [-0.15, -0.1) is 10.2 Å². The molecule has 1 aromatic carbocycles. The summed E-state index contributed by atoms with van der Waals surface area (Å²) in [7, 11) is -3.50. The second-order valence-corrected chi connectivity index (χ2v) is 6.32. The van der Waals surface area contributed by atoms with Gasteiger partial charge in [0.2, 0.25) is 0 Å². The molecule has 0 spiro atoms. The number of H-pyrrole nitrogens is 1. The van der Waals surface area contributed by atoms with Crippen LogP contribution >= 0.6 is 11.6 Å². The number of benzene rings is 1. The molecule has 0 unspecified atom stereocenters. The van der Waals surface area contributed by atoms with Gasteiger partial charge in [0.25, 0.3) is 5.91 Å². The Kier molecular flexibility index (Phi) is 4.00. The Morgan fingerprint density at radius 2 is 2.20 bits per heavy atom. The summed E-state index contributed by atoms with van der Waals surface area (Å²) in [5.41, 5.74) is 0.179. The summed E-state index contributed by atoms with van der Waals surface area (Å²) in [4.78, 5) is 11.8. The van der Waals surface area contributed by atoms with Crippen molar-refractivity contribution in [2.45, 2.75) is 11.4 Å². The van der Waals surface area contributed by atoms with Crippen LogP contribution in [0.4, 0.5) is 0 Å². The molecule has 0 aliphatic rings. The van der Waals surface area contributed by atoms with E-state index in [4.69, 9.17) is 11.6 Å². The number of halogens is 1. The lowest BCUT2D eigenvalue weighted by molar-refractivity contribution is 0.0949. The number of nitrogens with one attached hydrogen (secondary N) is 2. The average Bonchev–Trinajstić information content (AvgIpc) is 2.88. The third kappa shape index (κ3) is 3.31. The van der Waals surface area contributed by atoms with Gasteiger partial charge in [0.1, 0.15) is 0 Å². The number of carbonyl (C=O) groups is 1. The molecule has 10 heteroatoms. The van der Waals surface area contributed by atoms with Crippen LogP contribution in [-0.4, -0.2) is 41.2 Å². The molecule has 0 aliphatic carbocycles. The average molecular weight is 316 g/mol. The second kappa shape index (κ2) is 5.55.